The molecule has 1 amide bonds. The van der Waals surface area contributed by atoms with E-state index in [9.17, 15) is 14.7 Å². The minimum Gasteiger partial charge on any atom is -0.478 e. The molecule has 0 fully saturated rings. The fourth-order valence-corrected chi connectivity index (χ4v) is 3.06. The highest BCUT2D eigenvalue weighted by Gasteiger charge is 2.16. The van der Waals surface area contributed by atoms with E-state index in [-0.39, 0.29) is 11.5 Å². The molecule has 0 saturated carbocycles. The van der Waals surface area contributed by atoms with Gasteiger partial charge in [0.25, 0.3) is 5.91 Å². The molecule has 1 heterocycles. The molecule has 3 aromatic carbocycles. The number of aromatic carboxylic acids is 1. The van der Waals surface area contributed by atoms with Gasteiger partial charge in [-0.1, -0.05) is 30.3 Å². The topological polar surface area (TPSA) is 79.5 Å². The number of fused-ring (bicyclic) bond motifs is 3. The third-order valence-electron chi connectivity index (χ3n) is 4.38. The number of hydrogen-bond donors (Lipinski definition) is 2. The summed E-state index contributed by atoms with van der Waals surface area (Å²) in [5.74, 6) is -1.45. The molecule has 5 heteroatoms. The fraction of sp³-hybridized carbons (Fsp3) is 0.0476. The molecule has 0 bridgehead atoms. The summed E-state index contributed by atoms with van der Waals surface area (Å²) in [7, 11) is 0. The Morgan fingerprint density at radius 1 is 0.923 bits per heavy atom. The Morgan fingerprint density at radius 2 is 1.69 bits per heavy atom. The maximum absolute atomic E-state index is 12.7. The summed E-state index contributed by atoms with van der Waals surface area (Å²) in [5.41, 5.74) is 2.95. The molecule has 2 N–H and O–H groups in total. The van der Waals surface area contributed by atoms with Crippen molar-refractivity contribution in [2.75, 3.05) is 5.32 Å². The van der Waals surface area contributed by atoms with Crippen LogP contribution in [0.3, 0.4) is 0 Å². The van der Waals surface area contributed by atoms with Crippen LogP contribution in [0.4, 0.5) is 5.69 Å². The number of carbonyl (C=O) groups excluding carboxylic acids is 1. The molecule has 0 unspecified atom stereocenters. The number of para-hydroxylation sites is 2. The lowest BCUT2D eigenvalue weighted by Crippen LogP contribution is -2.15. The third-order valence-corrected chi connectivity index (χ3v) is 4.38. The van der Waals surface area contributed by atoms with Crippen molar-refractivity contribution in [1.82, 2.24) is 0 Å². The van der Waals surface area contributed by atoms with Crippen molar-refractivity contribution in [2.45, 2.75) is 6.92 Å². The molecule has 0 aliphatic carbocycles. The number of nitrogens with one attached hydrogen (secondary N) is 1. The zero-order valence-corrected chi connectivity index (χ0v) is 13.9. The lowest BCUT2D eigenvalue weighted by molar-refractivity contribution is 0.0698. The second-order valence-electron chi connectivity index (χ2n) is 6.07. The maximum Gasteiger partial charge on any atom is 0.337 e. The van der Waals surface area contributed by atoms with Crippen molar-refractivity contribution < 1.29 is 19.1 Å². The van der Waals surface area contributed by atoms with Gasteiger partial charge >= 0.3 is 5.97 Å². The third kappa shape index (κ3) is 2.59. The predicted molar refractivity (Wildman–Crippen MR) is 99.8 cm³/mol. The zero-order valence-electron chi connectivity index (χ0n) is 13.9. The number of benzene rings is 3. The van der Waals surface area contributed by atoms with Gasteiger partial charge < -0.3 is 14.8 Å². The average molecular weight is 345 g/mol. The lowest BCUT2D eigenvalue weighted by atomic mass is 10.1. The Hall–Kier alpha value is -3.60. The molecule has 5 nitrogen and oxygen atoms in total. The Kier molecular flexibility index (Phi) is 3.69. The molecule has 4 rings (SSSR count). The van der Waals surface area contributed by atoms with Crippen molar-refractivity contribution in [1.29, 1.82) is 0 Å². The van der Waals surface area contributed by atoms with Gasteiger partial charge in [-0.15, -0.1) is 0 Å². The molecule has 0 radical (unpaired) electrons. The number of rotatable bonds is 3. The van der Waals surface area contributed by atoms with E-state index in [4.69, 9.17) is 4.42 Å². The van der Waals surface area contributed by atoms with E-state index in [2.05, 4.69) is 5.32 Å². The van der Waals surface area contributed by atoms with E-state index in [1.54, 1.807) is 37.3 Å². The van der Waals surface area contributed by atoms with Crippen molar-refractivity contribution >= 4 is 39.5 Å². The van der Waals surface area contributed by atoms with Crippen LogP contribution in [0.25, 0.3) is 21.9 Å². The molecule has 0 aliphatic heterocycles. The first-order valence-electron chi connectivity index (χ1n) is 8.10. The van der Waals surface area contributed by atoms with E-state index < -0.39 is 5.97 Å². The first-order valence-corrected chi connectivity index (χ1v) is 8.10. The Balaban J connectivity index is 1.75. The van der Waals surface area contributed by atoms with E-state index in [1.165, 1.54) is 6.07 Å². The Morgan fingerprint density at radius 3 is 2.50 bits per heavy atom. The zero-order chi connectivity index (χ0) is 18.3. The highest BCUT2D eigenvalue weighted by Crippen LogP contribution is 2.29. The number of amides is 1. The van der Waals surface area contributed by atoms with Crippen LogP contribution in [0.1, 0.15) is 26.3 Å². The molecule has 0 atom stereocenters. The van der Waals surface area contributed by atoms with Gasteiger partial charge in [0.1, 0.15) is 11.2 Å². The van der Waals surface area contributed by atoms with Crippen LogP contribution in [0.2, 0.25) is 0 Å². The molecule has 1 aromatic heterocycles. The lowest BCUT2D eigenvalue weighted by Gasteiger charge is -2.11. The molecule has 0 saturated heterocycles. The van der Waals surface area contributed by atoms with Crippen molar-refractivity contribution in [3.63, 3.8) is 0 Å². The first-order chi connectivity index (χ1) is 12.5. The van der Waals surface area contributed by atoms with Crippen LogP contribution in [-0.2, 0) is 0 Å². The number of carboxylic acids is 1. The molecule has 26 heavy (non-hydrogen) atoms. The van der Waals surface area contributed by atoms with Crippen molar-refractivity contribution in [3.8, 4) is 0 Å². The summed E-state index contributed by atoms with van der Waals surface area (Å²) in [4.78, 5) is 24.1. The van der Waals surface area contributed by atoms with E-state index in [0.717, 1.165) is 16.4 Å². The molecule has 4 aromatic rings. The van der Waals surface area contributed by atoms with Crippen LogP contribution in [0, 0.1) is 6.92 Å². The van der Waals surface area contributed by atoms with Gasteiger partial charge in [-0.05, 0) is 42.8 Å². The second-order valence-corrected chi connectivity index (χ2v) is 6.07. The van der Waals surface area contributed by atoms with Crippen LogP contribution in [-0.4, -0.2) is 17.0 Å². The number of carbonyl (C=O) groups is 2. The van der Waals surface area contributed by atoms with Gasteiger partial charge in [0.2, 0.25) is 0 Å². The normalized spacial score (nSPS) is 11.0. The molecule has 0 aliphatic rings. The minimum atomic E-state index is -1.08. The smallest absolute Gasteiger partial charge is 0.337 e. The number of hydrogen-bond acceptors (Lipinski definition) is 3. The summed E-state index contributed by atoms with van der Waals surface area (Å²) >= 11 is 0. The molecule has 128 valence electrons. The molecule has 0 spiro atoms. The molecular formula is C21H15NO4. The second kappa shape index (κ2) is 6.04. The number of aryl methyl sites for hydroxylation is 1. The van der Waals surface area contributed by atoms with Crippen LogP contribution < -0.4 is 5.32 Å². The van der Waals surface area contributed by atoms with E-state index in [1.807, 2.05) is 24.3 Å². The molecular weight excluding hydrogens is 330 g/mol. The van der Waals surface area contributed by atoms with Crippen LogP contribution >= 0.6 is 0 Å². The summed E-state index contributed by atoms with van der Waals surface area (Å²) in [5, 5.41) is 13.8. The summed E-state index contributed by atoms with van der Waals surface area (Å²) in [6.07, 6.45) is 0. The van der Waals surface area contributed by atoms with Gasteiger partial charge in [0.15, 0.2) is 0 Å². The van der Waals surface area contributed by atoms with Crippen molar-refractivity contribution in [3.05, 3.63) is 77.4 Å². The largest absolute Gasteiger partial charge is 0.478 e. The summed E-state index contributed by atoms with van der Waals surface area (Å²) in [6.45, 7) is 1.76. The van der Waals surface area contributed by atoms with Crippen molar-refractivity contribution in [2.24, 2.45) is 0 Å². The predicted octanol–water partition coefficient (Wildman–Crippen LogP) is 4.84. The summed E-state index contributed by atoms with van der Waals surface area (Å²) in [6, 6.07) is 17.7. The highest BCUT2D eigenvalue weighted by molar-refractivity contribution is 6.12. The minimum absolute atomic E-state index is 0.0631. The number of anilines is 1. The van der Waals surface area contributed by atoms with E-state index in [0.29, 0.717) is 22.4 Å². The summed E-state index contributed by atoms with van der Waals surface area (Å²) < 4.78 is 5.77. The van der Waals surface area contributed by atoms with Gasteiger partial charge in [0, 0.05) is 16.3 Å². The first kappa shape index (κ1) is 15.9. The highest BCUT2D eigenvalue weighted by atomic mass is 16.4. The standard InChI is InChI=1S/C21H15NO4/c1-12-5-4-7-15(21(24)25)19(12)22-20(23)13-9-10-18-16(11-13)14-6-2-3-8-17(14)26-18/h2-11H,1H3,(H,22,23)(H,24,25). The van der Waals surface area contributed by atoms with Gasteiger partial charge in [-0.25, -0.2) is 4.79 Å². The number of furan rings is 1. The van der Waals surface area contributed by atoms with E-state index >= 15 is 0 Å². The van der Waals surface area contributed by atoms with Crippen LogP contribution in [0.15, 0.2) is 65.1 Å². The van der Waals surface area contributed by atoms with Crippen LogP contribution in [0.5, 0.6) is 0 Å². The monoisotopic (exact) mass is 345 g/mol. The SMILES string of the molecule is Cc1cccc(C(=O)O)c1NC(=O)c1ccc2oc3ccccc3c2c1. The van der Waals surface area contributed by atoms with Gasteiger partial charge in [-0.3, -0.25) is 4.79 Å². The number of carboxylic acid groups (broad SMARTS) is 1. The fourth-order valence-electron chi connectivity index (χ4n) is 3.06. The van der Waals surface area contributed by atoms with Gasteiger partial charge in [-0.2, -0.15) is 0 Å². The maximum atomic E-state index is 12.7. The Labute approximate surface area is 148 Å². The quantitative estimate of drug-likeness (QED) is 0.556. The van der Waals surface area contributed by atoms with Gasteiger partial charge in [0.05, 0.1) is 11.3 Å². The average Bonchev–Trinajstić information content (AvgIpc) is 3.01. The Bertz CT molecular complexity index is 1170.